The normalized spacial score (nSPS) is 16.5. The minimum atomic E-state index is -0.217. The molecule has 0 spiro atoms. The Labute approximate surface area is 212 Å². The fourth-order valence-corrected chi connectivity index (χ4v) is 5.57. The lowest BCUT2D eigenvalue weighted by Crippen LogP contribution is -2.49. The molecule has 0 N–H and O–H groups in total. The van der Waals surface area contributed by atoms with E-state index in [-0.39, 0.29) is 11.7 Å². The Morgan fingerprint density at radius 1 is 0.861 bits per heavy atom. The molecule has 0 atom stereocenters. The average molecular weight is 491 g/mol. The predicted octanol–water partition coefficient (Wildman–Crippen LogP) is 4.40. The second-order valence-corrected chi connectivity index (χ2v) is 9.75. The Balaban J connectivity index is 1.45. The van der Waals surface area contributed by atoms with Crippen LogP contribution in [0, 0.1) is 26.6 Å². The van der Waals surface area contributed by atoms with E-state index in [2.05, 4.69) is 48.4 Å². The van der Waals surface area contributed by atoms with Crippen LogP contribution in [-0.2, 0) is 11.3 Å². The van der Waals surface area contributed by atoms with E-state index in [0.29, 0.717) is 51.6 Å². The lowest BCUT2D eigenvalue weighted by atomic mass is 10.1. The van der Waals surface area contributed by atoms with Crippen molar-refractivity contribution < 1.29 is 13.9 Å². The number of nitrogens with zero attached hydrogens (tertiary/aromatic N) is 4. The van der Waals surface area contributed by atoms with Crippen LogP contribution in [0.15, 0.2) is 48.5 Å². The number of carbonyl (C=O) groups is 1. The standard InChI is InChI=1S/C29H35FN4O2/c1-21-8-4-5-9-24(21)20-34-23(3)27(32-16-18-36-19-17-32)22(2)28(34)29(35)33-14-12-31(13-15-33)26-11-7-6-10-25(26)30/h4-11H,12-20H2,1-3H3. The molecule has 36 heavy (non-hydrogen) atoms. The van der Waals surface area contributed by atoms with Crippen molar-refractivity contribution in [2.24, 2.45) is 0 Å². The van der Waals surface area contributed by atoms with Gasteiger partial charge in [0.25, 0.3) is 5.91 Å². The molecule has 6 nitrogen and oxygen atoms in total. The van der Waals surface area contributed by atoms with Crippen LogP contribution in [0.25, 0.3) is 0 Å². The third-order valence-electron chi connectivity index (χ3n) is 7.61. The van der Waals surface area contributed by atoms with Gasteiger partial charge in [0.15, 0.2) is 0 Å². The number of rotatable bonds is 5. The maximum atomic E-state index is 14.3. The van der Waals surface area contributed by atoms with Gasteiger partial charge >= 0.3 is 0 Å². The Morgan fingerprint density at radius 3 is 2.22 bits per heavy atom. The smallest absolute Gasteiger partial charge is 0.270 e. The number of piperazine rings is 1. The van der Waals surface area contributed by atoms with Gasteiger partial charge in [0, 0.05) is 57.1 Å². The lowest BCUT2D eigenvalue weighted by molar-refractivity contribution is 0.0735. The molecule has 2 aliphatic heterocycles. The molecule has 0 radical (unpaired) electrons. The summed E-state index contributed by atoms with van der Waals surface area (Å²) in [6.07, 6.45) is 0. The molecule has 2 fully saturated rings. The number of carbonyl (C=O) groups excluding carboxylic acids is 1. The molecule has 0 unspecified atom stereocenters. The number of para-hydroxylation sites is 1. The maximum Gasteiger partial charge on any atom is 0.270 e. The summed E-state index contributed by atoms with van der Waals surface area (Å²) in [5.74, 6) is -0.164. The summed E-state index contributed by atoms with van der Waals surface area (Å²) in [6.45, 7) is 12.4. The molecule has 2 saturated heterocycles. The largest absolute Gasteiger partial charge is 0.378 e. The number of hydrogen-bond donors (Lipinski definition) is 0. The lowest BCUT2D eigenvalue weighted by Gasteiger charge is -2.36. The number of hydrogen-bond acceptors (Lipinski definition) is 4. The quantitative estimate of drug-likeness (QED) is 0.532. The second-order valence-electron chi connectivity index (χ2n) is 9.75. The summed E-state index contributed by atoms with van der Waals surface area (Å²) in [7, 11) is 0. The van der Waals surface area contributed by atoms with Crippen LogP contribution < -0.4 is 9.80 Å². The first kappa shape index (κ1) is 24.4. The fraction of sp³-hybridized carbons (Fsp3) is 0.414. The topological polar surface area (TPSA) is 41.0 Å². The van der Waals surface area contributed by atoms with Crippen LogP contribution in [0.5, 0.6) is 0 Å². The van der Waals surface area contributed by atoms with Crippen molar-refractivity contribution in [1.29, 1.82) is 0 Å². The number of amides is 1. The van der Waals surface area contributed by atoms with Crippen LogP contribution in [0.1, 0.15) is 32.9 Å². The highest BCUT2D eigenvalue weighted by molar-refractivity contribution is 5.97. The van der Waals surface area contributed by atoms with Gasteiger partial charge in [-0.2, -0.15) is 0 Å². The average Bonchev–Trinajstić information content (AvgIpc) is 3.14. The van der Waals surface area contributed by atoms with Crippen molar-refractivity contribution in [2.45, 2.75) is 27.3 Å². The summed E-state index contributed by atoms with van der Waals surface area (Å²) in [4.78, 5) is 20.4. The molecule has 190 valence electrons. The van der Waals surface area contributed by atoms with Gasteiger partial charge in [0.05, 0.1) is 24.6 Å². The number of morpholine rings is 1. The summed E-state index contributed by atoms with van der Waals surface area (Å²) >= 11 is 0. The van der Waals surface area contributed by atoms with Gasteiger partial charge in [-0.15, -0.1) is 0 Å². The van der Waals surface area contributed by atoms with Gasteiger partial charge in [-0.3, -0.25) is 4.79 Å². The Hall–Kier alpha value is -3.32. The van der Waals surface area contributed by atoms with Crippen molar-refractivity contribution in [1.82, 2.24) is 9.47 Å². The highest BCUT2D eigenvalue weighted by Crippen LogP contribution is 2.33. The van der Waals surface area contributed by atoms with E-state index >= 15 is 0 Å². The highest BCUT2D eigenvalue weighted by atomic mass is 19.1. The number of anilines is 2. The zero-order valence-corrected chi connectivity index (χ0v) is 21.5. The molecule has 2 aromatic carbocycles. The van der Waals surface area contributed by atoms with E-state index in [9.17, 15) is 9.18 Å². The van der Waals surface area contributed by atoms with Crippen molar-refractivity contribution in [3.05, 3.63) is 82.4 Å². The van der Waals surface area contributed by atoms with Crippen LogP contribution in [-0.4, -0.2) is 67.9 Å². The van der Waals surface area contributed by atoms with Crippen LogP contribution >= 0.6 is 0 Å². The zero-order chi connectivity index (χ0) is 25.2. The molecular weight excluding hydrogens is 455 g/mol. The molecule has 0 saturated carbocycles. The highest BCUT2D eigenvalue weighted by Gasteiger charge is 2.31. The molecule has 5 rings (SSSR count). The minimum Gasteiger partial charge on any atom is -0.378 e. The third kappa shape index (κ3) is 4.60. The SMILES string of the molecule is Cc1ccccc1Cn1c(C)c(N2CCOCC2)c(C)c1C(=O)N1CCN(c2ccccc2F)CC1. The molecule has 7 heteroatoms. The van der Waals surface area contributed by atoms with E-state index in [4.69, 9.17) is 4.74 Å². The number of halogens is 1. The van der Waals surface area contributed by atoms with Crippen LogP contribution in [0.2, 0.25) is 0 Å². The molecule has 0 bridgehead atoms. The van der Waals surface area contributed by atoms with Crippen molar-refractivity contribution in [3.63, 3.8) is 0 Å². The summed E-state index contributed by atoms with van der Waals surface area (Å²) in [5, 5.41) is 0. The van der Waals surface area contributed by atoms with Gasteiger partial charge in [0.2, 0.25) is 0 Å². The summed E-state index contributed by atoms with van der Waals surface area (Å²) < 4.78 is 22.1. The number of ether oxygens (including phenoxy) is 1. The summed E-state index contributed by atoms with van der Waals surface area (Å²) in [5.41, 5.74) is 7.09. The van der Waals surface area contributed by atoms with Crippen molar-refractivity contribution in [2.75, 3.05) is 62.3 Å². The molecule has 0 aliphatic carbocycles. The van der Waals surface area contributed by atoms with Crippen molar-refractivity contribution >= 4 is 17.3 Å². The van der Waals surface area contributed by atoms with E-state index in [1.54, 1.807) is 6.07 Å². The number of benzene rings is 2. The van der Waals surface area contributed by atoms with Crippen molar-refractivity contribution in [3.8, 4) is 0 Å². The van der Waals surface area contributed by atoms with Gasteiger partial charge in [-0.05, 0) is 44.0 Å². The van der Waals surface area contributed by atoms with Crippen LogP contribution in [0.3, 0.4) is 0 Å². The molecule has 3 heterocycles. The van der Waals surface area contributed by atoms with E-state index in [0.717, 1.165) is 35.7 Å². The first-order chi connectivity index (χ1) is 17.5. The Kier molecular flexibility index (Phi) is 7.01. The van der Waals surface area contributed by atoms with Gasteiger partial charge in [-0.1, -0.05) is 36.4 Å². The third-order valence-corrected chi connectivity index (χ3v) is 7.61. The first-order valence-electron chi connectivity index (χ1n) is 12.8. The molecule has 1 amide bonds. The van der Waals surface area contributed by atoms with Gasteiger partial charge in [-0.25, -0.2) is 4.39 Å². The predicted molar refractivity (Wildman–Crippen MR) is 142 cm³/mol. The Bertz CT molecular complexity index is 1240. The van der Waals surface area contributed by atoms with Gasteiger partial charge < -0.3 is 24.0 Å². The number of aryl methyl sites for hydroxylation is 1. The molecule has 3 aromatic rings. The Morgan fingerprint density at radius 2 is 1.53 bits per heavy atom. The minimum absolute atomic E-state index is 0.0527. The fourth-order valence-electron chi connectivity index (χ4n) is 5.57. The van der Waals surface area contributed by atoms with E-state index in [1.165, 1.54) is 17.2 Å². The van der Waals surface area contributed by atoms with E-state index in [1.807, 2.05) is 28.0 Å². The monoisotopic (exact) mass is 490 g/mol. The maximum absolute atomic E-state index is 14.3. The zero-order valence-electron chi connectivity index (χ0n) is 21.5. The first-order valence-corrected chi connectivity index (χ1v) is 12.8. The van der Waals surface area contributed by atoms with E-state index < -0.39 is 0 Å². The van der Waals surface area contributed by atoms with Gasteiger partial charge in [0.1, 0.15) is 11.5 Å². The second kappa shape index (κ2) is 10.3. The molecule has 2 aliphatic rings. The molecular formula is C29H35FN4O2. The number of aromatic nitrogens is 1. The molecule has 1 aromatic heterocycles. The summed E-state index contributed by atoms with van der Waals surface area (Å²) in [6, 6.07) is 15.2. The van der Waals surface area contributed by atoms with Crippen LogP contribution in [0.4, 0.5) is 15.8 Å².